The average molecular weight is 498 g/mol. The van der Waals surface area contributed by atoms with Gasteiger partial charge < -0.3 is 14.6 Å². The van der Waals surface area contributed by atoms with Crippen LogP contribution in [0.2, 0.25) is 25.7 Å². The fourth-order valence-electron chi connectivity index (χ4n) is 5.64. The molecule has 1 amide bonds. The number of benzene rings is 1. The summed E-state index contributed by atoms with van der Waals surface area (Å²) in [5.74, 6) is 0.469. The first kappa shape index (κ1) is 24.2. The van der Waals surface area contributed by atoms with Gasteiger partial charge in [-0.15, -0.1) is 0 Å². The van der Waals surface area contributed by atoms with Gasteiger partial charge in [-0.3, -0.25) is 4.79 Å². The minimum Gasteiger partial charge on any atom is -0.360 e. The molecule has 3 aliphatic rings. The molecule has 1 fully saturated rings. The smallest absolute Gasteiger partial charge is 0.223 e. The third-order valence-electron chi connectivity index (χ3n) is 7.78. The van der Waals surface area contributed by atoms with Gasteiger partial charge in [0.1, 0.15) is 17.9 Å². The molecule has 9 heteroatoms. The van der Waals surface area contributed by atoms with Crippen molar-refractivity contribution in [3.8, 4) is 11.5 Å². The Morgan fingerprint density at radius 1 is 1.37 bits per heavy atom. The molecule has 0 radical (unpaired) electrons. The molecule has 7 nitrogen and oxygen atoms in total. The lowest BCUT2D eigenvalue weighted by Crippen LogP contribution is -2.40. The number of hydrogen-bond donors (Lipinski definition) is 1. The van der Waals surface area contributed by atoms with Gasteiger partial charge in [0, 0.05) is 45.5 Å². The highest BCUT2D eigenvalue weighted by atomic mass is 28.3. The van der Waals surface area contributed by atoms with Crippen LogP contribution < -0.4 is 4.90 Å². The summed E-state index contributed by atoms with van der Waals surface area (Å²) in [4.78, 5) is 21.4. The highest BCUT2D eigenvalue weighted by molar-refractivity contribution is 6.76. The molecule has 1 aromatic carbocycles. The van der Waals surface area contributed by atoms with Crippen molar-refractivity contribution >= 4 is 30.7 Å². The van der Waals surface area contributed by atoms with Crippen molar-refractivity contribution in [2.24, 2.45) is 5.41 Å². The minimum atomic E-state index is -1.17. The fraction of sp³-hybridized carbons (Fsp3) is 0.577. The van der Waals surface area contributed by atoms with Crippen LogP contribution in [0.25, 0.3) is 22.6 Å². The standard InChI is InChI=1S/C26H36FN5O2Si/c1-15-19(31(4)16(2)33)10-18-23(22(15)27)29-25(28-18)24-21-17-11-26(3,12-17)13-20(21)32(30-24)14-34-8-9-35(5,6)7/h10,17H,8-9,11-14H2,1-7H3,(H,28,29). The van der Waals surface area contributed by atoms with Crippen molar-refractivity contribution in [1.82, 2.24) is 19.7 Å². The molecular weight excluding hydrogens is 461 g/mol. The van der Waals surface area contributed by atoms with Gasteiger partial charge in [0.25, 0.3) is 0 Å². The number of H-pyrrole nitrogens is 1. The van der Waals surface area contributed by atoms with Gasteiger partial charge in [-0.2, -0.15) is 5.10 Å². The zero-order chi connectivity index (χ0) is 25.3. The highest BCUT2D eigenvalue weighted by Gasteiger charge is 2.49. The molecule has 1 saturated carbocycles. The van der Waals surface area contributed by atoms with E-state index < -0.39 is 13.9 Å². The number of carbonyl (C=O) groups excluding carboxylic acids is 1. The lowest BCUT2D eigenvalue weighted by Gasteiger charge is -2.50. The third-order valence-corrected chi connectivity index (χ3v) is 9.49. The van der Waals surface area contributed by atoms with Crippen molar-refractivity contribution in [3.05, 3.63) is 28.7 Å². The molecular formula is C26H36FN5O2Si. The first-order chi connectivity index (χ1) is 16.4. The predicted octanol–water partition coefficient (Wildman–Crippen LogP) is 5.61. The number of fused-ring (bicyclic) bond motifs is 1. The zero-order valence-electron chi connectivity index (χ0n) is 21.9. The Labute approximate surface area is 207 Å². The number of carbonyl (C=O) groups is 1. The number of aromatic amines is 1. The van der Waals surface area contributed by atoms with Gasteiger partial charge in [0.2, 0.25) is 5.91 Å². The van der Waals surface area contributed by atoms with Crippen LogP contribution in [0.3, 0.4) is 0 Å². The van der Waals surface area contributed by atoms with Crippen LogP contribution in [0.1, 0.15) is 49.4 Å². The van der Waals surface area contributed by atoms with Crippen molar-refractivity contribution in [2.75, 3.05) is 18.6 Å². The van der Waals surface area contributed by atoms with E-state index >= 15 is 4.39 Å². The van der Waals surface area contributed by atoms with E-state index in [1.165, 1.54) is 23.1 Å². The van der Waals surface area contributed by atoms with Crippen LogP contribution in [-0.4, -0.2) is 47.4 Å². The van der Waals surface area contributed by atoms with E-state index in [2.05, 4.69) is 36.5 Å². The number of amides is 1. The lowest BCUT2D eigenvalue weighted by atomic mass is 9.54. The summed E-state index contributed by atoms with van der Waals surface area (Å²) >= 11 is 0. The molecule has 0 saturated heterocycles. The van der Waals surface area contributed by atoms with E-state index in [1.54, 1.807) is 20.0 Å². The molecule has 188 valence electrons. The molecule has 3 aromatic rings. The van der Waals surface area contributed by atoms with E-state index in [1.807, 2.05) is 4.68 Å². The maximum atomic E-state index is 15.3. The molecule has 1 N–H and O–H groups in total. The lowest BCUT2D eigenvalue weighted by molar-refractivity contribution is -0.116. The molecule has 0 aliphatic heterocycles. The monoisotopic (exact) mass is 497 g/mol. The Morgan fingerprint density at radius 3 is 2.74 bits per heavy atom. The molecule has 0 unspecified atom stereocenters. The summed E-state index contributed by atoms with van der Waals surface area (Å²) in [7, 11) is 0.488. The second-order valence-electron chi connectivity index (χ2n) is 12.0. The number of halogens is 1. The summed E-state index contributed by atoms with van der Waals surface area (Å²) < 4.78 is 23.4. The highest BCUT2D eigenvalue weighted by Crippen LogP contribution is 2.59. The van der Waals surface area contributed by atoms with Crippen molar-refractivity contribution in [1.29, 1.82) is 0 Å². The number of anilines is 1. The number of ether oxygens (including phenoxy) is 1. The number of hydrogen-bond acceptors (Lipinski definition) is 4. The molecule has 2 aromatic heterocycles. The molecule has 35 heavy (non-hydrogen) atoms. The predicted molar refractivity (Wildman–Crippen MR) is 139 cm³/mol. The summed E-state index contributed by atoms with van der Waals surface area (Å²) in [5.41, 5.74) is 5.38. The zero-order valence-corrected chi connectivity index (χ0v) is 22.9. The number of nitrogens with one attached hydrogen (secondary N) is 1. The Balaban J connectivity index is 1.54. The van der Waals surface area contributed by atoms with Gasteiger partial charge in [-0.25, -0.2) is 14.1 Å². The van der Waals surface area contributed by atoms with Gasteiger partial charge in [-0.1, -0.05) is 26.6 Å². The van der Waals surface area contributed by atoms with Crippen LogP contribution in [0.5, 0.6) is 0 Å². The Morgan fingerprint density at radius 2 is 2.09 bits per heavy atom. The van der Waals surface area contributed by atoms with E-state index in [0.29, 0.717) is 40.7 Å². The van der Waals surface area contributed by atoms with Crippen LogP contribution in [0.15, 0.2) is 6.07 Å². The first-order valence-electron chi connectivity index (χ1n) is 12.5. The second kappa shape index (κ2) is 8.26. The fourth-order valence-corrected chi connectivity index (χ4v) is 6.40. The Hall–Kier alpha value is -2.52. The molecule has 0 spiro atoms. The van der Waals surface area contributed by atoms with Crippen LogP contribution in [-0.2, 0) is 22.7 Å². The van der Waals surface area contributed by atoms with E-state index in [0.717, 1.165) is 37.6 Å². The van der Waals surface area contributed by atoms with E-state index in [4.69, 9.17) is 9.84 Å². The average Bonchev–Trinajstić information content (AvgIpc) is 3.33. The van der Waals surface area contributed by atoms with Crippen molar-refractivity contribution in [3.63, 3.8) is 0 Å². The third kappa shape index (κ3) is 4.22. The van der Waals surface area contributed by atoms with Gasteiger partial charge >= 0.3 is 0 Å². The van der Waals surface area contributed by atoms with Crippen LogP contribution >= 0.6 is 0 Å². The van der Waals surface area contributed by atoms with Crippen molar-refractivity contribution in [2.45, 2.75) is 78.4 Å². The first-order valence-corrected chi connectivity index (χ1v) is 16.2. The molecule has 3 aliphatic carbocycles. The molecule has 2 heterocycles. The number of rotatable bonds is 7. The number of aromatic nitrogens is 4. The topological polar surface area (TPSA) is 76.0 Å². The maximum Gasteiger partial charge on any atom is 0.223 e. The Bertz CT molecular complexity index is 1320. The van der Waals surface area contributed by atoms with E-state index in [-0.39, 0.29) is 11.4 Å². The normalized spacial score (nSPS) is 21.2. The summed E-state index contributed by atoms with van der Waals surface area (Å²) in [6.07, 6.45) is 3.28. The molecule has 6 rings (SSSR count). The van der Waals surface area contributed by atoms with Crippen LogP contribution in [0.4, 0.5) is 10.1 Å². The SMILES string of the molecule is CC(=O)N(C)c1cc2[nH]c(-c3nn(COCC[Si](C)(C)C)c4c3C3CC(C)(C4)C3)nc2c(F)c1C. The van der Waals surface area contributed by atoms with Gasteiger partial charge in [0.05, 0.1) is 11.2 Å². The number of imidazole rings is 1. The summed E-state index contributed by atoms with van der Waals surface area (Å²) in [6, 6.07) is 2.91. The minimum absolute atomic E-state index is 0.151. The van der Waals surface area contributed by atoms with E-state index in [9.17, 15) is 4.79 Å². The summed E-state index contributed by atoms with van der Waals surface area (Å²) in [5, 5.41) is 4.96. The Kier molecular flexibility index (Phi) is 5.71. The van der Waals surface area contributed by atoms with Crippen LogP contribution in [0, 0.1) is 18.2 Å². The summed E-state index contributed by atoms with van der Waals surface area (Å²) in [6.45, 7) is 13.7. The number of nitrogens with zero attached hydrogens (tertiary/aromatic N) is 4. The van der Waals surface area contributed by atoms with Crippen molar-refractivity contribution < 1.29 is 13.9 Å². The quantitative estimate of drug-likeness (QED) is 0.340. The molecule has 0 atom stereocenters. The molecule has 2 bridgehead atoms. The maximum absolute atomic E-state index is 15.3. The largest absolute Gasteiger partial charge is 0.360 e. The second-order valence-corrected chi connectivity index (χ2v) is 17.7. The van der Waals surface area contributed by atoms with Gasteiger partial charge in [-0.05, 0) is 49.6 Å². The van der Waals surface area contributed by atoms with Gasteiger partial charge in [0.15, 0.2) is 11.6 Å².